The molecule has 0 aliphatic heterocycles. The van der Waals surface area contributed by atoms with Crippen LogP contribution in [0.5, 0.6) is 0 Å². The van der Waals surface area contributed by atoms with Crippen molar-refractivity contribution in [2.75, 3.05) is 13.2 Å². The van der Waals surface area contributed by atoms with E-state index in [2.05, 4.69) is 13.8 Å². The first-order chi connectivity index (χ1) is 25.6. The summed E-state index contributed by atoms with van der Waals surface area (Å²) >= 11 is 0. The Morgan fingerprint density at radius 2 is 0.596 bits per heavy atom. The number of unbranched alkanes of at least 4 members (excludes halogenated alkanes) is 36. The Morgan fingerprint density at radius 3 is 0.846 bits per heavy atom. The van der Waals surface area contributed by atoms with Crippen LogP contribution >= 0.6 is 0 Å². The summed E-state index contributed by atoms with van der Waals surface area (Å²) in [6.07, 6.45) is 50.4. The lowest BCUT2D eigenvalue weighted by atomic mass is 10.0. The Balaban J connectivity index is 3.44. The van der Waals surface area contributed by atoms with E-state index in [1.165, 1.54) is 212 Å². The fourth-order valence-corrected chi connectivity index (χ4v) is 7.32. The molecule has 5 nitrogen and oxygen atoms in total. The molecule has 0 amide bonds. The molecule has 1 N–H and O–H groups in total. The van der Waals surface area contributed by atoms with E-state index in [9.17, 15) is 14.7 Å². The normalized spacial score (nSPS) is 12.0. The van der Waals surface area contributed by atoms with Crippen molar-refractivity contribution >= 4 is 11.9 Å². The number of aliphatic hydroxyl groups excluding tert-OH is 1. The first-order valence-electron chi connectivity index (χ1n) is 23.6. The molecule has 0 aromatic carbocycles. The van der Waals surface area contributed by atoms with E-state index in [0.717, 1.165) is 32.1 Å². The molecular weight excluding hydrogens is 645 g/mol. The van der Waals surface area contributed by atoms with Crippen LogP contribution in [0.1, 0.15) is 271 Å². The maximum absolute atomic E-state index is 12.2. The van der Waals surface area contributed by atoms with Gasteiger partial charge in [-0.3, -0.25) is 9.59 Å². The summed E-state index contributed by atoms with van der Waals surface area (Å²) in [4.78, 5) is 24.4. The molecule has 0 fully saturated rings. The smallest absolute Gasteiger partial charge is 0.306 e. The van der Waals surface area contributed by atoms with E-state index in [1.807, 2.05) is 0 Å². The van der Waals surface area contributed by atoms with Gasteiger partial charge in [0.15, 0.2) is 6.10 Å². The van der Waals surface area contributed by atoms with Crippen LogP contribution in [0.15, 0.2) is 0 Å². The van der Waals surface area contributed by atoms with E-state index in [-0.39, 0.29) is 25.2 Å². The maximum atomic E-state index is 12.2. The topological polar surface area (TPSA) is 72.8 Å². The fraction of sp³-hybridized carbons (Fsp3) is 0.957. The summed E-state index contributed by atoms with van der Waals surface area (Å²) in [5.41, 5.74) is 0. The van der Waals surface area contributed by atoms with Gasteiger partial charge < -0.3 is 14.6 Å². The standard InChI is InChI=1S/C47H92O5/c1-3-5-7-9-11-13-15-17-19-21-22-23-24-26-27-29-31-33-35-37-39-41-46(49)51-44-45(43-48)52-47(50)42-40-38-36-34-32-30-28-25-20-18-16-14-12-10-8-6-4-2/h45,48H,3-44H2,1-2H3. The molecule has 0 heterocycles. The predicted octanol–water partition coefficient (Wildman–Crippen LogP) is 15.1. The number of rotatable bonds is 44. The molecule has 1 unspecified atom stereocenters. The number of hydrogen-bond donors (Lipinski definition) is 1. The Hall–Kier alpha value is -1.10. The van der Waals surface area contributed by atoms with Gasteiger partial charge in [0, 0.05) is 12.8 Å². The molecule has 0 saturated heterocycles. The highest BCUT2D eigenvalue weighted by atomic mass is 16.6. The summed E-state index contributed by atoms with van der Waals surface area (Å²) in [5.74, 6) is -0.569. The third-order valence-electron chi connectivity index (χ3n) is 10.9. The molecule has 0 aromatic rings. The minimum absolute atomic E-state index is 0.0562. The zero-order chi connectivity index (χ0) is 37.8. The molecule has 5 heteroatoms. The van der Waals surface area contributed by atoms with E-state index >= 15 is 0 Å². The van der Waals surface area contributed by atoms with Crippen molar-refractivity contribution < 1.29 is 24.2 Å². The van der Waals surface area contributed by atoms with E-state index in [1.54, 1.807) is 0 Å². The number of hydrogen-bond acceptors (Lipinski definition) is 5. The van der Waals surface area contributed by atoms with Gasteiger partial charge in [0.1, 0.15) is 6.61 Å². The van der Waals surface area contributed by atoms with Gasteiger partial charge in [-0.05, 0) is 12.8 Å². The summed E-state index contributed by atoms with van der Waals surface area (Å²) in [5, 5.41) is 9.60. The van der Waals surface area contributed by atoms with Gasteiger partial charge in [-0.15, -0.1) is 0 Å². The summed E-state index contributed by atoms with van der Waals surface area (Å²) in [6, 6.07) is 0. The first kappa shape index (κ1) is 50.9. The van der Waals surface area contributed by atoms with Crippen molar-refractivity contribution in [2.45, 2.75) is 277 Å². The van der Waals surface area contributed by atoms with Crippen molar-refractivity contribution in [3.05, 3.63) is 0 Å². The lowest BCUT2D eigenvalue weighted by molar-refractivity contribution is -0.161. The number of carbonyl (C=O) groups is 2. The highest BCUT2D eigenvalue weighted by Crippen LogP contribution is 2.17. The highest BCUT2D eigenvalue weighted by molar-refractivity contribution is 5.70. The van der Waals surface area contributed by atoms with Crippen LogP contribution in [0, 0.1) is 0 Å². The van der Waals surface area contributed by atoms with Crippen LogP contribution in [-0.2, 0) is 19.1 Å². The van der Waals surface area contributed by atoms with E-state index < -0.39 is 6.10 Å². The van der Waals surface area contributed by atoms with Gasteiger partial charge in [-0.1, -0.05) is 245 Å². The minimum Gasteiger partial charge on any atom is -0.462 e. The Labute approximate surface area is 325 Å². The molecule has 0 aliphatic carbocycles. The van der Waals surface area contributed by atoms with Crippen molar-refractivity contribution in [2.24, 2.45) is 0 Å². The molecular formula is C47H92O5. The van der Waals surface area contributed by atoms with Crippen LogP contribution in [-0.4, -0.2) is 36.4 Å². The van der Waals surface area contributed by atoms with Crippen LogP contribution in [0.2, 0.25) is 0 Å². The van der Waals surface area contributed by atoms with Crippen molar-refractivity contribution in [3.63, 3.8) is 0 Å². The highest BCUT2D eigenvalue weighted by Gasteiger charge is 2.16. The summed E-state index contributed by atoms with van der Waals surface area (Å²) in [7, 11) is 0. The molecule has 0 radical (unpaired) electrons. The molecule has 0 saturated carbocycles. The molecule has 0 bridgehead atoms. The van der Waals surface area contributed by atoms with Crippen LogP contribution in [0.25, 0.3) is 0 Å². The lowest BCUT2D eigenvalue weighted by Gasteiger charge is -2.15. The largest absolute Gasteiger partial charge is 0.462 e. The van der Waals surface area contributed by atoms with Crippen molar-refractivity contribution in [1.29, 1.82) is 0 Å². The zero-order valence-electron chi connectivity index (χ0n) is 35.4. The zero-order valence-corrected chi connectivity index (χ0v) is 35.4. The van der Waals surface area contributed by atoms with Gasteiger partial charge in [0.05, 0.1) is 6.61 Å². The van der Waals surface area contributed by atoms with Gasteiger partial charge in [-0.25, -0.2) is 0 Å². The number of aliphatic hydroxyl groups is 1. The monoisotopic (exact) mass is 737 g/mol. The second kappa shape index (κ2) is 44.3. The molecule has 52 heavy (non-hydrogen) atoms. The average molecular weight is 737 g/mol. The molecule has 0 rings (SSSR count). The van der Waals surface area contributed by atoms with E-state index in [4.69, 9.17) is 9.47 Å². The predicted molar refractivity (Wildman–Crippen MR) is 224 cm³/mol. The number of carbonyl (C=O) groups excluding carboxylic acids is 2. The lowest BCUT2D eigenvalue weighted by Crippen LogP contribution is -2.28. The second-order valence-corrected chi connectivity index (χ2v) is 16.2. The van der Waals surface area contributed by atoms with Crippen LogP contribution in [0.3, 0.4) is 0 Å². The molecule has 1 atom stereocenters. The minimum atomic E-state index is -0.762. The molecule has 0 aromatic heterocycles. The van der Waals surface area contributed by atoms with Crippen LogP contribution in [0.4, 0.5) is 0 Å². The SMILES string of the molecule is CCCCCCCCCCCCCCCCCCCCCCCC(=O)OCC(CO)OC(=O)CCCCCCCCCCCCCCCCCCC. The van der Waals surface area contributed by atoms with Crippen molar-refractivity contribution in [1.82, 2.24) is 0 Å². The maximum Gasteiger partial charge on any atom is 0.306 e. The Bertz CT molecular complexity index is 710. The van der Waals surface area contributed by atoms with E-state index in [0.29, 0.717) is 12.8 Å². The van der Waals surface area contributed by atoms with Gasteiger partial charge in [0.2, 0.25) is 0 Å². The van der Waals surface area contributed by atoms with Crippen molar-refractivity contribution in [3.8, 4) is 0 Å². The van der Waals surface area contributed by atoms with Gasteiger partial charge in [0.25, 0.3) is 0 Å². The quantitative estimate of drug-likeness (QED) is 0.0498. The van der Waals surface area contributed by atoms with Crippen LogP contribution < -0.4 is 0 Å². The summed E-state index contributed by atoms with van der Waals surface area (Å²) < 4.78 is 10.7. The fourth-order valence-electron chi connectivity index (χ4n) is 7.32. The Morgan fingerprint density at radius 1 is 0.365 bits per heavy atom. The number of esters is 2. The molecule has 310 valence electrons. The second-order valence-electron chi connectivity index (χ2n) is 16.2. The number of ether oxygens (including phenoxy) is 2. The first-order valence-corrected chi connectivity index (χ1v) is 23.6. The average Bonchev–Trinajstić information content (AvgIpc) is 3.15. The van der Waals surface area contributed by atoms with Gasteiger partial charge in [-0.2, -0.15) is 0 Å². The Kier molecular flexibility index (Phi) is 43.4. The van der Waals surface area contributed by atoms with Gasteiger partial charge >= 0.3 is 11.9 Å². The molecule has 0 aliphatic rings. The molecule has 0 spiro atoms. The third-order valence-corrected chi connectivity index (χ3v) is 10.9. The third kappa shape index (κ3) is 41.7. The summed E-state index contributed by atoms with van der Waals surface area (Å²) in [6.45, 7) is 4.19.